The Morgan fingerprint density at radius 3 is 2.67 bits per heavy atom. The maximum atomic E-state index is 12.2. The molecule has 30 heavy (non-hydrogen) atoms. The molecule has 0 saturated carbocycles. The van der Waals surface area contributed by atoms with Crippen molar-refractivity contribution in [2.45, 2.75) is 31.8 Å². The summed E-state index contributed by atoms with van der Waals surface area (Å²) in [6, 6.07) is 17.5. The number of hydrogen-bond donors (Lipinski definition) is 2. The van der Waals surface area contributed by atoms with Gasteiger partial charge < -0.3 is 19.7 Å². The van der Waals surface area contributed by atoms with E-state index in [1.54, 1.807) is 7.11 Å². The lowest BCUT2D eigenvalue weighted by Crippen LogP contribution is -2.56. The summed E-state index contributed by atoms with van der Waals surface area (Å²) in [5.41, 5.74) is 0.0510. The maximum absolute atomic E-state index is 12.2. The minimum absolute atomic E-state index is 0.333. The summed E-state index contributed by atoms with van der Waals surface area (Å²) < 4.78 is 11.0. The van der Waals surface area contributed by atoms with Crippen LogP contribution in [0, 0.1) is 5.41 Å². The van der Waals surface area contributed by atoms with Crippen molar-refractivity contribution in [2.75, 3.05) is 33.4 Å². The summed E-state index contributed by atoms with van der Waals surface area (Å²) in [7, 11) is 1.61. The lowest BCUT2D eigenvalue weighted by Gasteiger charge is -2.43. The molecule has 1 aliphatic rings. The van der Waals surface area contributed by atoms with E-state index in [2.05, 4.69) is 4.90 Å². The Morgan fingerprint density at radius 2 is 1.93 bits per heavy atom. The second-order valence-electron chi connectivity index (χ2n) is 7.91. The number of benzene rings is 2. The number of carboxylic acids is 1. The summed E-state index contributed by atoms with van der Waals surface area (Å²) in [4.78, 5) is 14.3. The van der Waals surface area contributed by atoms with Gasteiger partial charge in [0.1, 0.15) is 23.5 Å². The number of aliphatic carboxylic acids is 1. The number of aliphatic hydroxyl groups is 1. The smallest absolute Gasteiger partial charge is 0.313 e. The van der Waals surface area contributed by atoms with Gasteiger partial charge in [0.05, 0.1) is 13.2 Å². The highest BCUT2D eigenvalue weighted by Gasteiger charge is 2.48. The molecule has 2 atom stereocenters. The van der Waals surface area contributed by atoms with Crippen LogP contribution in [-0.4, -0.2) is 60.5 Å². The maximum Gasteiger partial charge on any atom is 0.313 e. The normalized spacial score (nSPS) is 21.9. The molecule has 0 amide bonds. The van der Waals surface area contributed by atoms with Crippen molar-refractivity contribution in [1.82, 2.24) is 4.90 Å². The van der Waals surface area contributed by atoms with Crippen LogP contribution < -0.4 is 9.47 Å². The molecule has 162 valence electrons. The molecular formula is C24H31NO5. The molecule has 0 spiro atoms. The Morgan fingerprint density at radius 1 is 1.17 bits per heavy atom. The van der Waals surface area contributed by atoms with E-state index < -0.39 is 17.5 Å². The molecule has 1 aliphatic heterocycles. The van der Waals surface area contributed by atoms with Crippen molar-refractivity contribution in [3.8, 4) is 11.5 Å². The first kappa shape index (κ1) is 22.1. The van der Waals surface area contributed by atoms with Gasteiger partial charge in [-0.05, 0) is 43.4 Å². The molecule has 2 N–H and O–H groups in total. The molecule has 2 aromatic carbocycles. The van der Waals surface area contributed by atoms with Crippen molar-refractivity contribution in [1.29, 1.82) is 0 Å². The van der Waals surface area contributed by atoms with E-state index in [0.717, 1.165) is 24.3 Å². The Labute approximate surface area is 178 Å². The van der Waals surface area contributed by atoms with Gasteiger partial charge >= 0.3 is 5.97 Å². The minimum Gasteiger partial charge on any atom is -0.497 e. The molecule has 0 aromatic heterocycles. The Hall–Kier alpha value is -2.57. The molecule has 0 radical (unpaired) electrons. The number of carboxylic acid groups (broad SMARTS) is 1. The average Bonchev–Trinajstić information content (AvgIpc) is 2.76. The Bertz CT molecular complexity index is 812. The van der Waals surface area contributed by atoms with E-state index in [1.807, 2.05) is 54.6 Å². The average molecular weight is 414 g/mol. The van der Waals surface area contributed by atoms with Crippen LogP contribution in [0.15, 0.2) is 54.6 Å². The van der Waals surface area contributed by atoms with Gasteiger partial charge in [-0.1, -0.05) is 36.4 Å². The number of nitrogens with zero attached hydrogens (tertiary/aromatic N) is 1. The fourth-order valence-corrected chi connectivity index (χ4v) is 4.15. The number of aryl methyl sites for hydroxylation is 1. The van der Waals surface area contributed by atoms with Gasteiger partial charge in [0.2, 0.25) is 0 Å². The van der Waals surface area contributed by atoms with Gasteiger partial charge in [-0.15, -0.1) is 0 Å². The van der Waals surface area contributed by atoms with Gasteiger partial charge in [0.25, 0.3) is 0 Å². The summed E-state index contributed by atoms with van der Waals surface area (Å²) >= 11 is 0. The number of hydrogen-bond acceptors (Lipinski definition) is 5. The number of likely N-dealkylation sites (tertiary alicyclic amines) is 1. The number of carbonyl (C=O) groups is 1. The molecule has 1 fully saturated rings. The monoisotopic (exact) mass is 413 g/mol. The standard InChI is InChI=1S/C24H31NO5/c1-29-20-10-5-11-21(17-20)30-16-15-25-14-12-22(26)24(18-25,23(27)28)13-6-9-19-7-3-2-4-8-19/h2-5,7-8,10-11,17,22,26H,6,9,12-16,18H2,1H3,(H,27,28)/t22-,24-/m1/s1. The topological polar surface area (TPSA) is 79.2 Å². The van der Waals surface area contributed by atoms with Crippen molar-refractivity contribution < 1.29 is 24.5 Å². The largest absolute Gasteiger partial charge is 0.497 e. The Kier molecular flexibility index (Phi) is 7.71. The molecule has 0 aliphatic carbocycles. The van der Waals surface area contributed by atoms with Crippen molar-refractivity contribution in [3.63, 3.8) is 0 Å². The van der Waals surface area contributed by atoms with Crippen LogP contribution in [0.3, 0.4) is 0 Å². The molecule has 6 nitrogen and oxygen atoms in total. The number of methoxy groups -OCH3 is 1. The molecule has 2 aromatic rings. The number of ether oxygens (including phenoxy) is 2. The Balaban J connectivity index is 1.56. The highest BCUT2D eigenvalue weighted by molar-refractivity contribution is 5.76. The van der Waals surface area contributed by atoms with Crippen LogP contribution in [0.4, 0.5) is 0 Å². The predicted octanol–water partition coefficient (Wildman–Crippen LogP) is 3.23. The summed E-state index contributed by atoms with van der Waals surface area (Å²) in [5.74, 6) is 0.539. The van der Waals surface area contributed by atoms with Crippen LogP contribution >= 0.6 is 0 Å². The van der Waals surface area contributed by atoms with Crippen molar-refractivity contribution in [3.05, 3.63) is 60.2 Å². The lowest BCUT2D eigenvalue weighted by molar-refractivity contribution is -0.164. The summed E-state index contributed by atoms with van der Waals surface area (Å²) in [6.45, 7) is 2.05. The number of piperidine rings is 1. The molecule has 6 heteroatoms. The minimum atomic E-state index is -1.14. The van der Waals surface area contributed by atoms with E-state index in [-0.39, 0.29) is 0 Å². The number of aliphatic hydroxyl groups excluding tert-OH is 1. The molecular weight excluding hydrogens is 382 g/mol. The SMILES string of the molecule is COc1cccc(OCCN2CC[C@@H](O)[C@](CCCc3ccccc3)(C(=O)O)C2)c1. The fourth-order valence-electron chi connectivity index (χ4n) is 4.15. The van der Waals surface area contributed by atoms with Gasteiger partial charge in [0.15, 0.2) is 0 Å². The third-order valence-electron chi connectivity index (χ3n) is 5.94. The second kappa shape index (κ2) is 10.5. The molecule has 3 rings (SSSR count). The summed E-state index contributed by atoms with van der Waals surface area (Å²) in [6.07, 6.45) is 1.60. The van der Waals surface area contributed by atoms with Crippen molar-refractivity contribution in [2.24, 2.45) is 5.41 Å². The quantitative estimate of drug-likeness (QED) is 0.623. The third kappa shape index (κ3) is 5.52. The van der Waals surface area contributed by atoms with Gasteiger partial charge in [0, 0.05) is 25.7 Å². The van der Waals surface area contributed by atoms with Crippen LogP contribution in [0.25, 0.3) is 0 Å². The zero-order valence-corrected chi connectivity index (χ0v) is 17.5. The molecule has 0 bridgehead atoms. The lowest BCUT2D eigenvalue weighted by atomic mass is 9.73. The second-order valence-corrected chi connectivity index (χ2v) is 7.91. The van der Waals surface area contributed by atoms with E-state index in [0.29, 0.717) is 39.1 Å². The van der Waals surface area contributed by atoms with Crippen LogP contribution in [-0.2, 0) is 11.2 Å². The molecule has 0 unspecified atom stereocenters. The number of rotatable bonds is 10. The zero-order chi connectivity index (χ0) is 21.4. The summed E-state index contributed by atoms with van der Waals surface area (Å²) in [5, 5.41) is 20.6. The molecule has 1 heterocycles. The first-order valence-corrected chi connectivity index (χ1v) is 10.5. The van der Waals surface area contributed by atoms with Gasteiger partial charge in [-0.2, -0.15) is 0 Å². The van der Waals surface area contributed by atoms with E-state index in [1.165, 1.54) is 5.56 Å². The highest BCUT2D eigenvalue weighted by atomic mass is 16.5. The van der Waals surface area contributed by atoms with E-state index >= 15 is 0 Å². The first-order valence-electron chi connectivity index (χ1n) is 10.5. The van der Waals surface area contributed by atoms with Crippen LogP contribution in [0.1, 0.15) is 24.8 Å². The highest BCUT2D eigenvalue weighted by Crippen LogP contribution is 2.36. The predicted molar refractivity (Wildman–Crippen MR) is 115 cm³/mol. The molecule has 1 saturated heterocycles. The third-order valence-corrected chi connectivity index (χ3v) is 5.94. The van der Waals surface area contributed by atoms with Crippen LogP contribution in [0.5, 0.6) is 11.5 Å². The van der Waals surface area contributed by atoms with Crippen LogP contribution in [0.2, 0.25) is 0 Å². The van der Waals surface area contributed by atoms with E-state index in [9.17, 15) is 15.0 Å². The van der Waals surface area contributed by atoms with Gasteiger partial charge in [-0.3, -0.25) is 9.69 Å². The first-order chi connectivity index (χ1) is 14.5. The zero-order valence-electron chi connectivity index (χ0n) is 17.5. The fraction of sp³-hybridized carbons (Fsp3) is 0.458. The van der Waals surface area contributed by atoms with E-state index in [4.69, 9.17) is 9.47 Å². The van der Waals surface area contributed by atoms with Gasteiger partial charge in [-0.25, -0.2) is 0 Å². The van der Waals surface area contributed by atoms with Crippen molar-refractivity contribution >= 4 is 5.97 Å².